The number of hydrogen-bond donors (Lipinski definition) is 0. The van der Waals surface area contributed by atoms with Crippen LogP contribution in [-0.2, 0) is 9.53 Å². The highest BCUT2D eigenvalue weighted by Gasteiger charge is 2.17. The van der Waals surface area contributed by atoms with Crippen LogP contribution in [0, 0.1) is 31.0 Å². The third-order valence-corrected chi connectivity index (χ3v) is 3.39. The average Bonchev–Trinajstić information content (AvgIpc) is 2.80. The number of nitrogens with zero attached hydrogens (tertiary/aromatic N) is 3. The molecule has 0 saturated carbocycles. The van der Waals surface area contributed by atoms with Gasteiger partial charge >= 0.3 is 5.97 Å². The van der Waals surface area contributed by atoms with E-state index in [1.807, 2.05) is 13.0 Å². The van der Waals surface area contributed by atoms with E-state index < -0.39 is 5.97 Å². The van der Waals surface area contributed by atoms with E-state index in [1.54, 1.807) is 37.6 Å². The molecule has 0 N–H and O–H groups in total. The van der Waals surface area contributed by atoms with Crippen LogP contribution in [0.1, 0.15) is 30.8 Å². The van der Waals surface area contributed by atoms with E-state index in [9.17, 15) is 14.4 Å². The Labute approximate surface area is 140 Å². The molecule has 0 spiro atoms. The van der Waals surface area contributed by atoms with Crippen molar-refractivity contribution >= 4 is 12.0 Å². The van der Waals surface area contributed by atoms with Crippen LogP contribution < -0.4 is 0 Å². The van der Waals surface area contributed by atoms with Crippen molar-refractivity contribution in [3.63, 3.8) is 0 Å². The van der Waals surface area contributed by atoms with Gasteiger partial charge in [0.2, 0.25) is 0 Å². The van der Waals surface area contributed by atoms with Crippen molar-refractivity contribution < 1.29 is 13.9 Å². The molecule has 124 valence electrons. The minimum atomic E-state index is -0.666. The summed E-state index contributed by atoms with van der Waals surface area (Å²) >= 11 is 0. The van der Waals surface area contributed by atoms with Gasteiger partial charge in [-0.05, 0) is 58.0 Å². The van der Waals surface area contributed by atoms with E-state index in [1.165, 1.54) is 18.2 Å². The molecule has 2 rings (SSSR count). The second-order valence-corrected chi connectivity index (χ2v) is 5.60. The Morgan fingerprint density at radius 2 is 1.96 bits per heavy atom. The number of hydrogen-bond acceptors (Lipinski definition) is 4. The molecular weight excluding hydrogens is 309 g/mol. The zero-order chi connectivity index (χ0) is 17.9. The van der Waals surface area contributed by atoms with E-state index >= 15 is 0 Å². The molecule has 1 heterocycles. The number of benzene rings is 1. The highest BCUT2D eigenvalue weighted by molar-refractivity contribution is 5.98. The largest absolute Gasteiger partial charge is 0.459 e. The third kappa shape index (κ3) is 3.69. The first-order chi connectivity index (χ1) is 11.3. The van der Waals surface area contributed by atoms with Crippen LogP contribution in [0.3, 0.4) is 0 Å². The summed E-state index contributed by atoms with van der Waals surface area (Å²) < 4.78 is 19.8. The molecule has 0 bridgehead atoms. The number of carbonyl (C=O) groups excluding carboxylic acids is 1. The molecule has 0 saturated heterocycles. The average molecular weight is 327 g/mol. The minimum Gasteiger partial charge on any atom is -0.459 e. The molecule has 0 radical (unpaired) electrons. The summed E-state index contributed by atoms with van der Waals surface area (Å²) in [6.45, 7) is 7.03. The predicted octanol–water partition coefficient (Wildman–Crippen LogP) is 3.49. The lowest BCUT2D eigenvalue weighted by molar-refractivity contribution is -0.142. The summed E-state index contributed by atoms with van der Waals surface area (Å²) in [7, 11) is 0. The third-order valence-electron chi connectivity index (χ3n) is 3.39. The zero-order valence-corrected chi connectivity index (χ0v) is 14.0. The Bertz CT molecular complexity index is 827. The van der Waals surface area contributed by atoms with Crippen LogP contribution in [-0.4, -0.2) is 21.9 Å². The molecule has 2 aromatic rings. The van der Waals surface area contributed by atoms with Crippen molar-refractivity contribution in [2.45, 2.75) is 33.8 Å². The van der Waals surface area contributed by atoms with Crippen LogP contribution in [0.15, 0.2) is 29.8 Å². The number of esters is 1. The second kappa shape index (κ2) is 7.09. The molecule has 5 nitrogen and oxygen atoms in total. The molecule has 1 aromatic carbocycles. The first kappa shape index (κ1) is 17.4. The number of ether oxygens (including phenoxy) is 1. The van der Waals surface area contributed by atoms with Crippen LogP contribution in [0.25, 0.3) is 11.8 Å². The van der Waals surface area contributed by atoms with Gasteiger partial charge < -0.3 is 4.74 Å². The van der Waals surface area contributed by atoms with Gasteiger partial charge in [0.05, 0.1) is 17.5 Å². The summed E-state index contributed by atoms with van der Waals surface area (Å²) in [5.41, 5.74) is 2.66. The minimum absolute atomic E-state index is 0.0893. The number of carbonyl (C=O) groups is 1. The van der Waals surface area contributed by atoms with Gasteiger partial charge in [0.25, 0.3) is 0 Å². The van der Waals surface area contributed by atoms with Crippen molar-refractivity contribution in [3.8, 4) is 11.8 Å². The summed E-state index contributed by atoms with van der Waals surface area (Å²) in [5, 5.41) is 13.6. The van der Waals surface area contributed by atoms with Crippen LogP contribution in [0.4, 0.5) is 4.39 Å². The number of nitriles is 1. The van der Waals surface area contributed by atoms with Crippen molar-refractivity contribution in [3.05, 3.63) is 52.6 Å². The molecular formula is C18H18FN3O2. The van der Waals surface area contributed by atoms with Crippen molar-refractivity contribution in [2.75, 3.05) is 0 Å². The monoisotopic (exact) mass is 327 g/mol. The molecule has 24 heavy (non-hydrogen) atoms. The lowest BCUT2D eigenvalue weighted by Gasteiger charge is -2.07. The number of aromatic nitrogens is 2. The van der Waals surface area contributed by atoms with E-state index in [4.69, 9.17) is 4.74 Å². The quantitative estimate of drug-likeness (QED) is 0.490. The number of halogens is 1. The summed E-state index contributed by atoms with van der Waals surface area (Å²) in [5.74, 6) is -0.996. The lowest BCUT2D eigenvalue weighted by atomic mass is 10.1. The van der Waals surface area contributed by atoms with E-state index in [0.717, 1.165) is 5.69 Å². The Hall–Kier alpha value is -2.94. The van der Waals surface area contributed by atoms with Gasteiger partial charge in [-0.2, -0.15) is 10.4 Å². The first-order valence-electron chi connectivity index (χ1n) is 7.48. The van der Waals surface area contributed by atoms with Gasteiger partial charge in [-0.25, -0.2) is 13.9 Å². The zero-order valence-electron chi connectivity index (χ0n) is 14.0. The summed E-state index contributed by atoms with van der Waals surface area (Å²) in [6, 6.07) is 7.79. The predicted molar refractivity (Wildman–Crippen MR) is 87.8 cm³/mol. The molecule has 0 aliphatic carbocycles. The van der Waals surface area contributed by atoms with Gasteiger partial charge in [-0.15, -0.1) is 0 Å². The van der Waals surface area contributed by atoms with E-state index in [2.05, 4.69) is 5.10 Å². The molecule has 1 aromatic heterocycles. The van der Waals surface area contributed by atoms with Gasteiger partial charge in [0, 0.05) is 11.3 Å². The molecule has 0 unspecified atom stereocenters. The highest BCUT2D eigenvalue weighted by Crippen LogP contribution is 2.21. The fourth-order valence-electron chi connectivity index (χ4n) is 2.26. The molecule has 0 aliphatic rings. The standard InChI is InChI=1S/C18H18FN3O2/c1-11(2)24-18(23)14(10-20)9-17-12(3)21-22(13(17)4)16-7-5-15(19)6-8-16/h5-9,11H,1-4H3/b14-9-. The van der Waals surface area contributed by atoms with E-state index in [-0.39, 0.29) is 17.5 Å². The highest BCUT2D eigenvalue weighted by atomic mass is 19.1. The van der Waals surface area contributed by atoms with Crippen molar-refractivity contribution in [1.82, 2.24) is 9.78 Å². The fraction of sp³-hybridized carbons (Fsp3) is 0.278. The SMILES string of the molecule is Cc1nn(-c2ccc(F)cc2)c(C)c1/C=C(/C#N)C(=O)OC(C)C. The van der Waals surface area contributed by atoms with Crippen molar-refractivity contribution in [2.24, 2.45) is 0 Å². The smallest absolute Gasteiger partial charge is 0.349 e. The molecule has 6 heteroatoms. The molecule has 0 amide bonds. The fourth-order valence-corrected chi connectivity index (χ4v) is 2.26. The number of aryl methyl sites for hydroxylation is 1. The van der Waals surface area contributed by atoms with E-state index in [0.29, 0.717) is 16.9 Å². The molecule has 0 atom stereocenters. The van der Waals surface area contributed by atoms with Crippen LogP contribution in [0.5, 0.6) is 0 Å². The maximum absolute atomic E-state index is 13.1. The molecule has 0 fully saturated rings. The lowest BCUT2D eigenvalue weighted by Crippen LogP contribution is -2.12. The normalized spacial score (nSPS) is 11.5. The molecule has 0 aliphatic heterocycles. The Balaban J connectivity index is 2.45. The number of rotatable bonds is 4. The maximum atomic E-state index is 13.1. The Kier molecular flexibility index (Phi) is 5.14. The Morgan fingerprint density at radius 3 is 2.50 bits per heavy atom. The summed E-state index contributed by atoms with van der Waals surface area (Å²) in [4.78, 5) is 11.9. The van der Waals surface area contributed by atoms with Gasteiger partial charge in [0.15, 0.2) is 0 Å². The van der Waals surface area contributed by atoms with Crippen LogP contribution in [0.2, 0.25) is 0 Å². The van der Waals surface area contributed by atoms with Gasteiger partial charge in [0.1, 0.15) is 17.5 Å². The van der Waals surface area contributed by atoms with Crippen molar-refractivity contribution in [1.29, 1.82) is 5.26 Å². The Morgan fingerprint density at radius 1 is 1.33 bits per heavy atom. The van der Waals surface area contributed by atoms with Gasteiger partial charge in [-0.3, -0.25) is 0 Å². The topological polar surface area (TPSA) is 67.9 Å². The van der Waals surface area contributed by atoms with Crippen LogP contribution >= 0.6 is 0 Å². The van der Waals surface area contributed by atoms with Gasteiger partial charge in [-0.1, -0.05) is 0 Å². The summed E-state index contributed by atoms with van der Waals surface area (Å²) in [6.07, 6.45) is 1.17. The first-order valence-corrected chi connectivity index (χ1v) is 7.48. The maximum Gasteiger partial charge on any atom is 0.349 e. The second-order valence-electron chi connectivity index (χ2n) is 5.60.